The lowest BCUT2D eigenvalue weighted by atomic mass is 10.1. The van der Waals surface area contributed by atoms with E-state index >= 15 is 0 Å². The summed E-state index contributed by atoms with van der Waals surface area (Å²) in [4.78, 5) is 5.23. The van der Waals surface area contributed by atoms with Crippen LogP contribution < -0.4 is 0 Å². The second-order valence-corrected chi connectivity index (χ2v) is 6.85. The number of ether oxygens (including phenoxy) is 1. The Hall–Kier alpha value is -0.120. The van der Waals surface area contributed by atoms with Gasteiger partial charge in [0.2, 0.25) is 0 Å². The molecule has 0 radical (unpaired) electrons. The zero-order valence-electron chi connectivity index (χ0n) is 14.2. The van der Waals surface area contributed by atoms with Crippen molar-refractivity contribution in [2.45, 2.75) is 59.5 Å². The van der Waals surface area contributed by atoms with Crippen LogP contribution in [0.15, 0.2) is 0 Å². The van der Waals surface area contributed by atoms with Crippen LogP contribution in [-0.4, -0.2) is 61.8 Å². The third-order valence-electron chi connectivity index (χ3n) is 4.04. The maximum atomic E-state index is 5.60. The van der Waals surface area contributed by atoms with Gasteiger partial charge in [-0.1, -0.05) is 26.7 Å². The molecule has 0 aromatic rings. The minimum atomic E-state index is 0.373. The maximum absolute atomic E-state index is 5.60. The van der Waals surface area contributed by atoms with Crippen molar-refractivity contribution in [3.63, 3.8) is 0 Å². The molecule has 0 atom stereocenters. The van der Waals surface area contributed by atoms with E-state index in [9.17, 15) is 0 Å². The fraction of sp³-hybridized carbons (Fsp3) is 1.00. The first kappa shape index (κ1) is 17.9. The highest BCUT2D eigenvalue weighted by molar-refractivity contribution is 4.71. The molecule has 120 valence electrons. The van der Waals surface area contributed by atoms with Gasteiger partial charge in [0.25, 0.3) is 0 Å². The molecule has 20 heavy (non-hydrogen) atoms. The third-order valence-corrected chi connectivity index (χ3v) is 4.04. The summed E-state index contributed by atoms with van der Waals surface area (Å²) in [5, 5.41) is 0. The van der Waals surface area contributed by atoms with Gasteiger partial charge in [-0.15, -0.1) is 0 Å². The maximum Gasteiger partial charge on any atom is 0.0518 e. The Morgan fingerprint density at radius 2 is 1.35 bits per heavy atom. The molecule has 0 aromatic heterocycles. The summed E-state index contributed by atoms with van der Waals surface area (Å²) < 4.78 is 5.60. The molecule has 0 amide bonds. The van der Waals surface area contributed by atoms with Crippen LogP contribution in [0, 0.1) is 5.92 Å². The van der Waals surface area contributed by atoms with Crippen LogP contribution in [0.5, 0.6) is 0 Å². The summed E-state index contributed by atoms with van der Waals surface area (Å²) in [6, 6.07) is 0. The molecule has 0 aromatic carbocycles. The summed E-state index contributed by atoms with van der Waals surface area (Å²) in [5.74, 6) is 0.861. The Labute approximate surface area is 126 Å². The van der Waals surface area contributed by atoms with E-state index in [1.54, 1.807) is 0 Å². The minimum absolute atomic E-state index is 0.373. The number of hydrogen-bond donors (Lipinski definition) is 0. The number of piperazine rings is 1. The van der Waals surface area contributed by atoms with E-state index in [1.165, 1.54) is 65.0 Å². The van der Waals surface area contributed by atoms with Crippen LogP contribution >= 0.6 is 0 Å². The largest absolute Gasteiger partial charge is 0.379 e. The van der Waals surface area contributed by atoms with Crippen LogP contribution in [0.25, 0.3) is 0 Å². The highest BCUT2D eigenvalue weighted by atomic mass is 16.5. The van der Waals surface area contributed by atoms with Crippen molar-refractivity contribution in [2.24, 2.45) is 5.92 Å². The Balaban J connectivity index is 1.97. The summed E-state index contributed by atoms with van der Waals surface area (Å²) >= 11 is 0. The normalized spacial score (nSPS) is 18.3. The van der Waals surface area contributed by atoms with Crippen molar-refractivity contribution < 1.29 is 4.74 Å². The molecule has 1 rings (SSSR count). The molecule has 1 aliphatic rings. The first-order chi connectivity index (χ1) is 9.58. The second-order valence-electron chi connectivity index (χ2n) is 6.85. The van der Waals surface area contributed by atoms with Gasteiger partial charge in [0.15, 0.2) is 0 Å². The molecule has 3 heteroatoms. The standard InChI is InChI=1S/C17H36N2O/c1-16(2)8-5-6-9-18-11-13-19(14-12-18)10-7-15-20-17(3)4/h16-17H,5-15H2,1-4H3. The van der Waals surface area contributed by atoms with Crippen LogP contribution in [0.1, 0.15) is 53.4 Å². The second kappa shape index (κ2) is 10.6. The molecular weight excluding hydrogens is 248 g/mol. The average Bonchev–Trinajstić information content (AvgIpc) is 2.41. The lowest BCUT2D eigenvalue weighted by Crippen LogP contribution is -2.46. The van der Waals surface area contributed by atoms with Crippen LogP contribution in [-0.2, 0) is 4.74 Å². The smallest absolute Gasteiger partial charge is 0.0518 e. The average molecular weight is 284 g/mol. The zero-order chi connectivity index (χ0) is 14.8. The van der Waals surface area contributed by atoms with Crippen LogP contribution in [0.3, 0.4) is 0 Å². The van der Waals surface area contributed by atoms with Gasteiger partial charge in [-0.05, 0) is 39.2 Å². The molecular formula is C17H36N2O. The highest BCUT2D eigenvalue weighted by Gasteiger charge is 2.15. The van der Waals surface area contributed by atoms with Crippen molar-refractivity contribution in [1.82, 2.24) is 9.80 Å². The van der Waals surface area contributed by atoms with Gasteiger partial charge in [0.1, 0.15) is 0 Å². The van der Waals surface area contributed by atoms with Crippen molar-refractivity contribution in [3.8, 4) is 0 Å². The van der Waals surface area contributed by atoms with Gasteiger partial charge in [-0.2, -0.15) is 0 Å². The molecule has 0 bridgehead atoms. The van der Waals surface area contributed by atoms with Crippen LogP contribution in [0.4, 0.5) is 0 Å². The fourth-order valence-electron chi connectivity index (χ4n) is 2.73. The summed E-state index contributed by atoms with van der Waals surface area (Å²) in [5.41, 5.74) is 0. The molecule has 1 heterocycles. The summed E-state index contributed by atoms with van der Waals surface area (Å²) in [7, 11) is 0. The molecule has 0 spiro atoms. The number of hydrogen-bond acceptors (Lipinski definition) is 3. The van der Waals surface area contributed by atoms with Crippen molar-refractivity contribution in [3.05, 3.63) is 0 Å². The molecule has 1 saturated heterocycles. The van der Waals surface area contributed by atoms with Gasteiger partial charge in [0, 0.05) is 39.3 Å². The van der Waals surface area contributed by atoms with E-state index in [2.05, 4.69) is 37.5 Å². The number of nitrogens with zero attached hydrogens (tertiary/aromatic N) is 2. The van der Waals surface area contributed by atoms with Gasteiger partial charge < -0.3 is 14.5 Å². The van der Waals surface area contributed by atoms with E-state index < -0.39 is 0 Å². The lowest BCUT2D eigenvalue weighted by Gasteiger charge is -2.34. The minimum Gasteiger partial charge on any atom is -0.379 e. The Kier molecular flexibility index (Phi) is 9.49. The predicted octanol–water partition coefficient (Wildman–Crippen LogP) is 3.25. The van der Waals surface area contributed by atoms with Gasteiger partial charge in [-0.25, -0.2) is 0 Å². The number of rotatable bonds is 10. The Bertz CT molecular complexity index is 199. The first-order valence-corrected chi connectivity index (χ1v) is 8.64. The predicted molar refractivity (Wildman–Crippen MR) is 87.3 cm³/mol. The van der Waals surface area contributed by atoms with E-state index in [1.807, 2.05) is 0 Å². The van der Waals surface area contributed by atoms with Crippen molar-refractivity contribution >= 4 is 0 Å². The van der Waals surface area contributed by atoms with E-state index in [-0.39, 0.29) is 0 Å². The molecule has 0 saturated carbocycles. The van der Waals surface area contributed by atoms with E-state index in [0.717, 1.165) is 12.5 Å². The van der Waals surface area contributed by atoms with Gasteiger partial charge in [0.05, 0.1) is 6.10 Å². The topological polar surface area (TPSA) is 15.7 Å². The molecule has 3 nitrogen and oxygen atoms in total. The Morgan fingerprint density at radius 3 is 1.85 bits per heavy atom. The van der Waals surface area contributed by atoms with Crippen molar-refractivity contribution in [2.75, 3.05) is 45.9 Å². The van der Waals surface area contributed by atoms with Gasteiger partial charge in [-0.3, -0.25) is 0 Å². The summed E-state index contributed by atoms with van der Waals surface area (Å²) in [6.45, 7) is 17.3. The quantitative estimate of drug-likeness (QED) is 0.573. The molecule has 1 fully saturated rings. The van der Waals surface area contributed by atoms with Crippen molar-refractivity contribution in [1.29, 1.82) is 0 Å². The Morgan fingerprint density at radius 1 is 0.800 bits per heavy atom. The summed E-state index contributed by atoms with van der Waals surface area (Å²) in [6.07, 6.45) is 5.70. The SMILES string of the molecule is CC(C)CCCCN1CCN(CCCOC(C)C)CC1. The number of unbranched alkanes of at least 4 members (excludes halogenated alkanes) is 1. The zero-order valence-corrected chi connectivity index (χ0v) is 14.2. The lowest BCUT2D eigenvalue weighted by molar-refractivity contribution is 0.0636. The molecule has 0 unspecified atom stereocenters. The molecule has 0 aliphatic carbocycles. The fourth-order valence-corrected chi connectivity index (χ4v) is 2.73. The highest BCUT2D eigenvalue weighted by Crippen LogP contribution is 2.09. The molecule has 0 N–H and O–H groups in total. The van der Waals surface area contributed by atoms with Crippen LogP contribution in [0.2, 0.25) is 0 Å². The third kappa shape index (κ3) is 8.93. The monoisotopic (exact) mass is 284 g/mol. The van der Waals surface area contributed by atoms with E-state index in [4.69, 9.17) is 4.74 Å². The van der Waals surface area contributed by atoms with E-state index in [0.29, 0.717) is 6.10 Å². The first-order valence-electron chi connectivity index (χ1n) is 8.64. The molecule has 1 aliphatic heterocycles. The van der Waals surface area contributed by atoms with Gasteiger partial charge >= 0.3 is 0 Å².